The Morgan fingerprint density at radius 2 is 1.77 bits per heavy atom. The minimum Gasteiger partial charge on any atom is -0.493 e. The van der Waals surface area contributed by atoms with Crippen LogP contribution in [0.3, 0.4) is 0 Å². The van der Waals surface area contributed by atoms with E-state index in [1.54, 1.807) is 30.3 Å². The average molecular weight is 304 g/mol. The highest BCUT2D eigenvalue weighted by atomic mass is 19.3. The van der Waals surface area contributed by atoms with Gasteiger partial charge >= 0.3 is 0 Å². The molecule has 2 nitrogen and oxygen atoms in total. The zero-order valence-electron chi connectivity index (χ0n) is 12.6. The number of carbonyl (C=O) groups is 1. The van der Waals surface area contributed by atoms with Gasteiger partial charge in [0.05, 0.1) is 6.61 Å². The molecule has 2 aromatic rings. The van der Waals surface area contributed by atoms with Crippen molar-refractivity contribution in [3.8, 4) is 16.9 Å². The molecule has 0 heterocycles. The number of halogens is 2. The molecule has 0 aliphatic rings. The van der Waals surface area contributed by atoms with Crippen LogP contribution < -0.4 is 4.74 Å². The molecule has 0 aliphatic carbocycles. The molecule has 0 aliphatic heterocycles. The second-order valence-corrected chi connectivity index (χ2v) is 5.50. The molecule has 0 bridgehead atoms. The first-order valence-electron chi connectivity index (χ1n) is 7.11. The predicted molar refractivity (Wildman–Crippen MR) is 82.6 cm³/mol. The number of benzene rings is 2. The van der Waals surface area contributed by atoms with Crippen LogP contribution in [0.1, 0.15) is 36.2 Å². The van der Waals surface area contributed by atoms with Crippen LogP contribution in [-0.2, 0) is 0 Å². The molecule has 2 rings (SSSR count). The van der Waals surface area contributed by atoms with E-state index in [0.717, 1.165) is 17.4 Å². The third-order valence-corrected chi connectivity index (χ3v) is 3.19. The van der Waals surface area contributed by atoms with Crippen molar-refractivity contribution in [2.24, 2.45) is 5.92 Å². The van der Waals surface area contributed by atoms with Gasteiger partial charge in [-0.1, -0.05) is 38.1 Å². The van der Waals surface area contributed by atoms with Crippen LogP contribution in [-0.4, -0.2) is 12.9 Å². The molecule has 0 N–H and O–H groups in total. The van der Waals surface area contributed by atoms with Gasteiger partial charge in [0.2, 0.25) is 0 Å². The van der Waals surface area contributed by atoms with Gasteiger partial charge in [0.1, 0.15) is 12.0 Å². The van der Waals surface area contributed by atoms with Crippen molar-refractivity contribution in [1.82, 2.24) is 0 Å². The lowest BCUT2D eigenvalue weighted by Crippen LogP contribution is -2.05. The molecule has 0 spiro atoms. The van der Waals surface area contributed by atoms with E-state index in [4.69, 9.17) is 4.74 Å². The summed E-state index contributed by atoms with van der Waals surface area (Å²) in [6, 6.07) is 11.1. The average Bonchev–Trinajstić information content (AvgIpc) is 2.52. The highest BCUT2D eigenvalue weighted by Crippen LogP contribution is 2.32. The van der Waals surface area contributed by atoms with E-state index in [1.165, 1.54) is 12.1 Å². The van der Waals surface area contributed by atoms with E-state index in [9.17, 15) is 13.6 Å². The lowest BCUT2D eigenvalue weighted by Gasteiger charge is -2.14. The molecular weight excluding hydrogens is 286 g/mol. The standard InChI is InChI=1S/C18H18F2O2/c1-12(2)11-22-17-8-3-13(10-21)9-16(17)14-4-6-15(7-5-14)18(19)20/h3-10,12,18H,11H2,1-2H3. The second-order valence-electron chi connectivity index (χ2n) is 5.50. The van der Waals surface area contributed by atoms with Crippen molar-refractivity contribution >= 4 is 6.29 Å². The molecule has 0 saturated carbocycles. The Kier molecular flexibility index (Phi) is 5.26. The van der Waals surface area contributed by atoms with Gasteiger partial charge < -0.3 is 4.74 Å². The highest BCUT2D eigenvalue weighted by Gasteiger charge is 2.11. The molecule has 2 aromatic carbocycles. The number of hydrogen-bond acceptors (Lipinski definition) is 2. The Hall–Kier alpha value is -2.23. The molecule has 0 radical (unpaired) electrons. The van der Waals surface area contributed by atoms with Crippen LogP contribution in [0.2, 0.25) is 0 Å². The van der Waals surface area contributed by atoms with E-state index in [-0.39, 0.29) is 5.56 Å². The van der Waals surface area contributed by atoms with Gasteiger partial charge in [-0.2, -0.15) is 0 Å². The van der Waals surface area contributed by atoms with E-state index in [1.807, 2.05) is 13.8 Å². The maximum absolute atomic E-state index is 12.6. The Balaban J connectivity index is 2.39. The van der Waals surface area contributed by atoms with Gasteiger partial charge in [-0.15, -0.1) is 0 Å². The van der Waals surface area contributed by atoms with Crippen LogP contribution >= 0.6 is 0 Å². The van der Waals surface area contributed by atoms with Crippen LogP contribution in [0.25, 0.3) is 11.1 Å². The van der Waals surface area contributed by atoms with Crippen LogP contribution in [0, 0.1) is 5.92 Å². The number of rotatable bonds is 6. The van der Waals surface area contributed by atoms with Gasteiger partial charge in [0.25, 0.3) is 6.43 Å². The summed E-state index contributed by atoms with van der Waals surface area (Å²) in [5.41, 5.74) is 1.96. The number of aldehydes is 1. The fraction of sp³-hybridized carbons (Fsp3) is 0.278. The molecule has 116 valence electrons. The fourth-order valence-corrected chi connectivity index (χ4v) is 2.04. The third kappa shape index (κ3) is 3.91. The summed E-state index contributed by atoms with van der Waals surface area (Å²) in [4.78, 5) is 11.0. The minimum atomic E-state index is -2.49. The summed E-state index contributed by atoms with van der Waals surface area (Å²) in [7, 11) is 0. The molecule has 0 amide bonds. The molecular formula is C18H18F2O2. The molecule has 22 heavy (non-hydrogen) atoms. The summed E-state index contributed by atoms with van der Waals surface area (Å²) in [6.07, 6.45) is -1.74. The van der Waals surface area contributed by atoms with Gasteiger partial charge in [0.15, 0.2) is 0 Å². The molecule has 0 saturated heterocycles. The van der Waals surface area contributed by atoms with Crippen molar-refractivity contribution < 1.29 is 18.3 Å². The zero-order valence-corrected chi connectivity index (χ0v) is 12.6. The number of ether oxygens (including phenoxy) is 1. The van der Waals surface area contributed by atoms with Crippen molar-refractivity contribution in [2.45, 2.75) is 20.3 Å². The second kappa shape index (κ2) is 7.16. The zero-order chi connectivity index (χ0) is 16.1. The summed E-state index contributed by atoms with van der Waals surface area (Å²) in [5.74, 6) is 1.00. The van der Waals surface area contributed by atoms with Crippen molar-refractivity contribution in [3.05, 3.63) is 53.6 Å². The summed E-state index contributed by atoms with van der Waals surface area (Å²) < 4.78 is 31.0. The maximum Gasteiger partial charge on any atom is 0.263 e. The Morgan fingerprint density at radius 1 is 1.09 bits per heavy atom. The number of alkyl halides is 2. The van der Waals surface area contributed by atoms with Gasteiger partial charge in [0, 0.05) is 16.7 Å². The highest BCUT2D eigenvalue weighted by molar-refractivity contribution is 5.81. The van der Waals surface area contributed by atoms with Crippen LogP contribution in [0.15, 0.2) is 42.5 Å². The first-order chi connectivity index (χ1) is 10.5. The molecule has 0 unspecified atom stereocenters. The smallest absolute Gasteiger partial charge is 0.263 e. The normalized spacial score (nSPS) is 11.0. The molecule has 0 atom stereocenters. The third-order valence-electron chi connectivity index (χ3n) is 3.19. The van der Waals surface area contributed by atoms with E-state index >= 15 is 0 Å². The largest absolute Gasteiger partial charge is 0.493 e. The first kappa shape index (κ1) is 16.1. The van der Waals surface area contributed by atoms with Crippen molar-refractivity contribution in [1.29, 1.82) is 0 Å². The monoisotopic (exact) mass is 304 g/mol. The van der Waals surface area contributed by atoms with Crippen LogP contribution in [0.5, 0.6) is 5.75 Å². The molecule has 4 heteroatoms. The number of hydrogen-bond donors (Lipinski definition) is 0. The van der Waals surface area contributed by atoms with Crippen LogP contribution in [0.4, 0.5) is 8.78 Å². The minimum absolute atomic E-state index is 0.0278. The van der Waals surface area contributed by atoms with Gasteiger partial charge in [-0.3, -0.25) is 4.79 Å². The Morgan fingerprint density at radius 3 is 2.32 bits per heavy atom. The summed E-state index contributed by atoms with van der Waals surface area (Å²) in [5, 5.41) is 0. The number of carbonyl (C=O) groups excluding carboxylic acids is 1. The topological polar surface area (TPSA) is 26.3 Å². The summed E-state index contributed by atoms with van der Waals surface area (Å²) in [6.45, 7) is 4.62. The van der Waals surface area contributed by atoms with E-state index < -0.39 is 6.43 Å². The predicted octanol–water partition coefficient (Wildman–Crippen LogP) is 5.14. The Bertz CT molecular complexity index is 634. The SMILES string of the molecule is CC(C)COc1ccc(C=O)cc1-c1ccc(C(F)F)cc1. The summed E-state index contributed by atoms with van der Waals surface area (Å²) >= 11 is 0. The van der Waals surface area contributed by atoms with Crippen molar-refractivity contribution in [3.63, 3.8) is 0 Å². The lowest BCUT2D eigenvalue weighted by atomic mass is 10.0. The fourth-order valence-electron chi connectivity index (χ4n) is 2.04. The Labute approximate surface area is 128 Å². The van der Waals surface area contributed by atoms with E-state index in [0.29, 0.717) is 23.8 Å². The molecule has 0 aromatic heterocycles. The first-order valence-corrected chi connectivity index (χ1v) is 7.11. The molecule has 0 fully saturated rings. The van der Waals surface area contributed by atoms with Crippen molar-refractivity contribution in [2.75, 3.05) is 6.61 Å². The van der Waals surface area contributed by atoms with Gasteiger partial charge in [-0.05, 0) is 29.7 Å². The van der Waals surface area contributed by atoms with E-state index in [2.05, 4.69) is 0 Å². The van der Waals surface area contributed by atoms with Gasteiger partial charge in [-0.25, -0.2) is 8.78 Å². The maximum atomic E-state index is 12.6. The quantitative estimate of drug-likeness (QED) is 0.691. The lowest BCUT2D eigenvalue weighted by molar-refractivity contribution is 0.112.